The predicted molar refractivity (Wildman–Crippen MR) is 94.2 cm³/mol. The minimum atomic E-state index is -0.941. The number of ether oxygens (including phenoxy) is 1. The van der Waals surface area contributed by atoms with E-state index in [9.17, 15) is 19.5 Å². The van der Waals surface area contributed by atoms with E-state index in [1.807, 2.05) is 11.9 Å². The van der Waals surface area contributed by atoms with E-state index in [0.717, 1.165) is 10.6 Å². The van der Waals surface area contributed by atoms with Crippen LogP contribution in [0.5, 0.6) is 11.6 Å². The smallest absolute Gasteiger partial charge is 0.331 e. The molecule has 0 saturated carbocycles. The molecule has 2 N–H and O–H groups in total. The first kappa shape index (κ1) is 18.0. The summed E-state index contributed by atoms with van der Waals surface area (Å²) in [6.07, 6.45) is 4.02. The van der Waals surface area contributed by atoms with Crippen molar-refractivity contribution in [3.8, 4) is 11.6 Å². The number of nitrogens with one attached hydrogen (secondary N) is 1. The largest absolute Gasteiger partial charge is 0.494 e. The Morgan fingerprint density at radius 2 is 2.00 bits per heavy atom. The minimum Gasteiger partial charge on any atom is -0.494 e. The zero-order chi connectivity index (χ0) is 18.4. The van der Waals surface area contributed by atoms with E-state index in [-0.39, 0.29) is 6.54 Å². The van der Waals surface area contributed by atoms with Gasteiger partial charge in [0, 0.05) is 6.54 Å². The molecule has 0 amide bonds. The van der Waals surface area contributed by atoms with E-state index in [1.165, 1.54) is 12.2 Å². The number of carbonyl (C=O) groups excluding carboxylic acids is 1. The van der Waals surface area contributed by atoms with Crippen molar-refractivity contribution in [2.45, 2.75) is 13.5 Å². The third-order valence-corrected chi connectivity index (χ3v) is 3.35. The van der Waals surface area contributed by atoms with Crippen LogP contribution in [0.25, 0.3) is 6.08 Å². The van der Waals surface area contributed by atoms with Crippen molar-refractivity contribution in [1.82, 2.24) is 9.55 Å². The molecule has 25 heavy (non-hydrogen) atoms. The number of ketones is 1. The Morgan fingerprint density at radius 3 is 2.60 bits per heavy atom. The third-order valence-electron chi connectivity index (χ3n) is 3.35. The van der Waals surface area contributed by atoms with Crippen molar-refractivity contribution in [1.29, 1.82) is 0 Å². The molecule has 130 valence electrons. The van der Waals surface area contributed by atoms with Gasteiger partial charge in [-0.25, -0.2) is 4.79 Å². The highest BCUT2D eigenvalue weighted by molar-refractivity contribution is 6.08. The standard InChI is InChI=1S/C18H18N2O5/c1-3-11-20-17(23)15(16(22)19-18(20)24)14(21)10-7-12-5-8-13(9-6-12)25-4-2/h3,5-10,23H,1,4,11H2,2H3,(H,19,22,24)/b10-7+. The minimum absolute atomic E-state index is 0.0374. The van der Waals surface area contributed by atoms with Crippen molar-refractivity contribution >= 4 is 11.9 Å². The SMILES string of the molecule is C=CCn1c(O)c(C(=O)/C=C/c2ccc(OCC)cc2)c(=O)[nH]c1=O. The fourth-order valence-electron chi connectivity index (χ4n) is 2.18. The molecule has 0 saturated heterocycles. The van der Waals surface area contributed by atoms with Crippen LogP contribution in [0.2, 0.25) is 0 Å². The highest BCUT2D eigenvalue weighted by Gasteiger charge is 2.18. The number of nitrogens with zero attached hydrogens (tertiary/aromatic N) is 1. The van der Waals surface area contributed by atoms with Crippen molar-refractivity contribution in [3.63, 3.8) is 0 Å². The number of aromatic amines is 1. The zero-order valence-corrected chi connectivity index (χ0v) is 13.7. The highest BCUT2D eigenvalue weighted by Crippen LogP contribution is 2.15. The maximum atomic E-state index is 12.3. The molecule has 0 fully saturated rings. The molecule has 0 bridgehead atoms. The normalized spacial score (nSPS) is 10.8. The molecule has 7 heteroatoms. The Balaban J connectivity index is 2.31. The summed E-state index contributed by atoms with van der Waals surface area (Å²) >= 11 is 0. The van der Waals surface area contributed by atoms with Crippen LogP contribution in [-0.4, -0.2) is 27.0 Å². The molecule has 2 aromatic rings. The number of allylic oxidation sites excluding steroid dienone is 2. The number of carbonyl (C=O) groups is 1. The summed E-state index contributed by atoms with van der Waals surface area (Å²) in [5.41, 5.74) is -1.53. The summed E-state index contributed by atoms with van der Waals surface area (Å²) < 4.78 is 6.18. The molecule has 1 aromatic carbocycles. The molecule has 0 spiro atoms. The van der Waals surface area contributed by atoms with Gasteiger partial charge in [-0.05, 0) is 30.7 Å². The van der Waals surface area contributed by atoms with Gasteiger partial charge in [-0.2, -0.15) is 0 Å². The topological polar surface area (TPSA) is 101 Å². The fourth-order valence-corrected chi connectivity index (χ4v) is 2.18. The monoisotopic (exact) mass is 342 g/mol. The van der Waals surface area contributed by atoms with Crippen molar-refractivity contribution in [2.24, 2.45) is 0 Å². The molecule has 0 radical (unpaired) electrons. The molecule has 0 atom stereocenters. The van der Waals surface area contributed by atoms with Gasteiger partial charge in [0.25, 0.3) is 5.56 Å². The van der Waals surface area contributed by atoms with Crippen LogP contribution in [0.4, 0.5) is 0 Å². The summed E-state index contributed by atoms with van der Waals surface area (Å²) in [6.45, 7) is 5.85. The molecule has 0 unspecified atom stereocenters. The lowest BCUT2D eigenvalue weighted by Gasteiger charge is -2.07. The molecule has 0 aliphatic carbocycles. The lowest BCUT2D eigenvalue weighted by atomic mass is 10.1. The van der Waals surface area contributed by atoms with Crippen LogP contribution in [0.15, 0.2) is 52.6 Å². The first-order chi connectivity index (χ1) is 12.0. The first-order valence-corrected chi connectivity index (χ1v) is 7.60. The number of aromatic nitrogens is 2. The van der Waals surface area contributed by atoms with Gasteiger partial charge in [0.15, 0.2) is 5.78 Å². The van der Waals surface area contributed by atoms with Crippen LogP contribution >= 0.6 is 0 Å². The second-order valence-corrected chi connectivity index (χ2v) is 5.06. The third kappa shape index (κ3) is 4.14. The Bertz CT molecular complexity index is 920. The molecule has 0 aliphatic rings. The Kier molecular flexibility index (Phi) is 5.73. The molecule has 7 nitrogen and oxygen atoms in total. The van der Waals surface area contributed by atoms with E-state index in [0.29, 0.717) is 17.9 Å². The summed E-state index contributed by atoms with van der Waals surface area (Å²) in [7, 11) is 0. The van der Waals surface area contributed by atoms with Crippen LogP contribution in [0.3, 0.4) is 0 Å². The molecule has 2 rings (SSSR count). The van der Waals surface area contributed by atoms with E-state index < -0.39 is 28.5 Å². The van der Waals surface area contributed by atoms with E-state index >= 15 is 0 Å². The van der Waals surface area contributed by atoms with E-state index in [1.54, 1.807) is 24.3 Å². The highest BCUT2D eigenvalue weighted by atomic mass is 16.5. The number of rotatable bonds is 7. The van der Waals surface area contributed by atoms with Gasteiger partial charge in [0.05, 0.1) is 6.61 Å². The van der Waals surface area contributed by atoms with Gasteiger partial charge in [-0.15, -0.1) is 6.58 Å². The predicted octanol–water partition coefficient (Wildman–Crippen LogP) is 1.72. The van der Waals surface area contributed by atoms with Gasteiger partial charge in [-0.3, -0.25) is 19.1 Å². The second kappa shape index (κ2) is 7.96. The molecular formula is C18H18N2O5. The van der Waals surface area contributed by atoms with Crippen LogP contribution < -0.4 is 16.0 Å². The Morgan fingerprint density at radius 1 is 1.32 bits per heavy atom. The number of benzene rings is 1. The van der Waals surface area contributed by atoms with Crippen LogP contribution in [0, 0.1) is 0 Å². The second-order valence-electron chi connectivity index (χ2n) is 5.06. The zero-order valence-electron chi connectivity index (χ0n) is 13.7. The molecular weight excluding hydrogens is 324 g/mol. The number of H-pyrrole nitrogens is 1. The van der Waals surface area contributed by atoms with Gasteiger partial charge >= 0.3 is 5.69 Å². The van der Waals surface area contributed by atoms with Gasteiger partial charge in [0.2, 0.25) is 5.88 Å². The Hall–Kier alpha value is -3.35. The van der Waals surface area contributed by atoms with Crippen LogP contribution in [-0.2, 0) is 6.54 Å². The van der Waals surface area contributed by atoms with Crippen molar-refractivity contribution in [3.05, 3.63) is 75.0 Å². The summed E-state index contributed by atoms with van der Waals surface area (Å²) in [6, 6.07) is 7.00. The molecule has 1 heterocycles. The van der Waals surface area contributed by atoms with Crippen LogP contribution in [0.1, 0.15) is 22.8 Å². The lowest BCUT2D eigenvalue weighted by molar-refractivity contribution is 0.104. The van der Waals surface area contributed by atoms with E-state index in [2.05, 4.69) is 6.58 Å². The first-order valence-electron chi connectivity index (χ1n) is 7.60. The van der Waals surface area contributed by atoms with Gasteiger partial charge < -0.3 is 9.84 Å². The van der Waals surface area contributed by atoms with Crippen molar-refractivity contribution in [2.75, 3.05) is 6.61 Å². The quantitative estimate of drug-likeness (QED) is 0.453. The fraction of sp³-hybridized carbons (Fsp3) is 0.167. The average Bonchev–Trinajstić information content (AvgIpc) is 2.58. The Labute approximate surface area is 143 Å². The van der Waals surface area contributed by atoms with Gasteiger partial charge in [0.1, 0.15) is 11.3 Å². The summed E-state index contributed by atoms with van der Waals surface area (Å²) in [5, 5.41) is 10.1. The van der Waals surface area contributed by atoms with E-state index in [4.69, 9.17) is 4.74 Å². The van der Waals surface area contributed by atoms with Gasteiger partial charge in [-0.1, -0.05) is 24.3 Å². The lowest BCUT2D eigenvalue weighted by Crippen LogP contribution is -2.33. The maximum Gasteiger partial charge on any atom is 0.331 e. The molecule has 1 aromatic heterocycles. The maximum absolute atomic E-state index is 12.3. The number of aromatic hydroxyl groups is 1. The number of hydrogen-bond acceptors (Lipinski definition) is 5. The molecule has 0 aliphatic heterocycles. The summed E-state index contributed by atoms with van der Waals surface area (Å²) in [4.78, 5) is 37.8. The summed E-state index contributed by atoms with van der Waals surface area (Å²) in [5.74, 6) is -0.697. The van der Waals surface area contributed by atoms with Crippen molar-refractivity contribution < 1.29 is 14.6 Å². The number of hydrogen-bond donors (Lipinski definition) is 2. The average molecular weight is 342 g/mol.